The molecule has 2 aromatic carbocycles. The molecule has 0 radical (unpaired) electrons. The standard InChI is InChI=1S/C23H24BrNO3/c1-14-18(16-6-4-3-5-7-16)12-22(27)23(28-2)19(14)20(23)21(26)25(22)13-15-8-10-17(24)11-9-15/h3-11,14,18-20,27H,12-13H2,1-2H3/t14-,18+,19-,20+,22-,23+/m0/s1. The maximum absolute atomic E-state index is 13.3. The van der Waals surface area contributed by atoms with E-state index in [1.54, 1.807) is 12.0 Å². The highest BCUT2D eigenvalue weighted by molar-refractivity contribution is 9.10. The van der Waals surface area contributed by atoms with Crippen molar-refractivity contribution in [3.8, 4) is 0 Å². The average molecular weight is 442 g/mol. The van der Waals surface area contributed by atoms with E-state index >= 15 is 0 Å². The molecule has 1 saturated heterocycles. The van der Waals surface area contributed by atoms with Crippen LogP contribution in [-0.4, -0.2) is 34.3 Å². The van der Waals surface area contributed by atoms with Crippen LogP contribution in [0, 0.1) is 17.8 Å². The Hall–Kier alpha value is -1.69. The summed E-state index contributed by atoms with van der Waals surface area (Å²) in [5, 5.41) is 11.9. The number of ether oxygens (including phenoxy) is 1. The lowest BCUT2D eigenvalue weighted by molar-refractivity contribution is -0.216. The molecule has 4 nitrogen and oxygen atoms in total. The predicted molar refractivity (Wildman–Crippen MR) is 109 cm³/mol. The van der Waals surface area contributed by atoms with Gasteiger partial charge in [0.2, 0.25) is 5.91 Å². The Morgan fingerprint density at radius 1 is 1.18 bits per heavy atom. The molecule has 0 aromatic heterocycles. The van der Waals surface area contributed by atoms with Gasteiger partial charge in [0.15, 0.2) is 5.72 Å². The number of amides is 1. The monoisotopic (exact) mass is 441 g/mol. The minimum Gasteiger partial charge on any atom is -0.372 e. The quantitative estimate of drug-likeness (QED) is 0.781. The molecule has 2 saturated carbocycles. The predicted octanol–water partition coefficient (Wildman–Crippen LogP) is 3.93. The van der Waals surface area contributed by atoms with Crippen LogP contribution in [0.25, 0.3) is 0 Å². The van der Waals surface area contributed by atoms with Crippen LogP contribution in [0.4, 0.5) is 0 Å². The second-order valence-electron chi connectivity index (χ2n) is 8.45. The van der Waals surface area contributed by atoms with E-state index < -0.39 is 11.3 Å². The number of halogens is 1. The van der Waals surface area contributed by atoms with Gasteiger partial charge in [0.05, 0.1) is 5.92 Å². The molecule has 5 heteroatoms. The van der Waals surface area contributed by atoms with Crippen LogP contribution in [0.1, 0.15) is 30.4 Å². The van der Waals surface area contributed by atoms with Crippen LogP contribution in [0.5, 0.6) is 0 Å². The molecule has 1 aliphatic heterocycles. The van der Waals surface area contributed by atoms with E-state index in [4.69, 9.17) is 4.74 Å². The zero-order chi connectivity index (χ0) is 19.7. The Kier molecular flexibility index (Phi) is 4.03. The Morgan fingerprint density at radius 2 is 1.86 bits per heavy atom. The van der Waals surface area contributed by atoms with E-state index in [0.29, 0.717) is 13.0 Å². The molecule has 6 atom stereocenters. The Balaban J connectivity index is 1.53. The van der Waals surface area contributed by atoms with Crippen molar-refractivity contribution in [3.05, 3.63) is 70.2 Å². The molecule has 3 aliphatic rings. The van der Waals surface area contributed by atoms with Crippen molar-refractivity contribution in [2.75, 3.05) is 7.11 Å². The molecule has 0 spiro atoms. The van der Waals surface area contributed by atoms with Crippen molar-refractivity contribution in [1.82, 2.24) is 4.90 Å². The van der Waals surface area contributed by atoms with Gasteiger partial charge in [-0.05, 0) is 35.1 Å². The van der Waals surface area contributed by atoms with Crippen molar-refractivity contribution in [1.29, 1.82) is 0 Å². The molecule has 1 heterocycles. The number of hydrogen-bond donors (Lipinski definition) is 1. The van der Waals surface area contributed by atoms with Gasteiger partial charge in [-0.1, -0.05) is 65.3 Å². The molecule has 1 amide bonds. The van der Waals surface area contributed by atoms with Crippen molar-refractivity contribution in [3.63, 3.8) is 0 Å². The topological polar surface area (TPSA) is 49.8 Å². The van der Waals surface area contributed by atoms with Gasteiger partial charge in [-0.15, -0.1) is 0 Å². The molecule has 2 aliphatic carbocycles. The lowest BCUT2D eigenvalue weighted by atomic mass is 9.70. The van der Waals surface area contributed by atoms with Crippen molar-refractivity contribution >= 4 is 21.8 Å². The van der Waals surface area contributed by atoms with Crippen LogP contribution < -0.4 is 0 Å². The van der Waals surface area contributed by atoms with E-state index in [0.717, 1.165) is 10.0 Å². The van der Waals surface area contributed by atoms with E-state index in [9.17, 15) is 9.90 Å². The second-order valence-corrected chi connectivity index (χ2v) is 9.36. The molecule has 2 aromatic rings. The van der Waals surface area contributed by atoms with E-state index in [1.165, 1.54) is 5.56 Å². The Morgan fingerprint density at radius 3 is 2.50 bits per heavy atom. The number of methoxy groups -OCH3 is 1. The third-order valence-corrected chi connectivity index (χ3v) is 7.87. The number of hydrogen-bond acceptors (Lipinski definition) is 3. The number of piperidine rings is 1. The minimum absolute atomic E-state index is 0.0237. The van der Waals surface area contributed by atoms with E-state index in [2.05, 4.69) is 35.0 Å². The van der Waals surface area contributed by atoms with Crippen LogP contribution in [0.2, 0.25) is 0 Å². The van der Waals surface area contributed by atoms with Gasteiger partial charge in [0.1, 0.15) is 5.60 Å². The van der Waals surface area contributed by atoms with Gasteiger partial charge in [-0.2, -0.15) is 0 Å². The van der Waals surface area contributed by atoms with Gasteiger partial charge in [-0.25, -0.2) is 0 Å². The van der Waals surface area contributed by atoms with Gasteiger partial charge in [-0.3, -0.25) is 4.79 Å². The largest absolute Gasteiger partial charge is 0.372 e. The smallest absolute Gasteiger partial charge is 0.231 e. The fourth-order valence-corrected chi connectivity index (χ4v) is 6.30. The van der Waals surface area contributed by atoms with Crippen LogP contribution in [0.3, 0.4) is 0 Å². The third-order valence-electron chi connectivity index (χ3n) is 7.34. The zero-order valence-electron chi connectivity index (χ0n) is 16.0. The van der Waals surface area contributed by atoms with E-state index in [-0.39, 0.29) is 29.6 Å². The first-order chi connectivity index (χ1) is 13.4. The number of fused-ring (bicyclic) bond motifs is 1. The molecular formula is C23H24BrNO3. The number of likely N-dealkylation sites (tertiary alicyclic amines) is 1. The Bertz CT molecular complexity index is 917. The lowest BCUT2D eigenvalue weighted by Crippen LogP contribution is -2.61. The van der Waals surface area contributed by atoms with Gasteiger partial charge in [0, 0.05) is 30.5 Å². The summed E-state index contributed by atoms with van der Waals surface area (Å²) < 4.78 is 6.93. The normalized spacial score (nSPS) is 38.4. The third kappa shape index (κ3) is 2.21. The number of benzene rings is 2. The molecule has 0 bridgehead atoms. The van der Waals surface area contributed by atoms with Crippen molar-refractivity contribution in [2.45, 2.75) is 37.1 Å². The van der Waals surface area contributed by atoms with Crippen molar-refractivity contribution in [2.24, 2.45) is 17.8 Å². The fraction of sp³-hybridized carbons (Fsp3) is 0.435. The van der Waals surface area contributed by atoms with Gasteiger partial charge in [0.25, 0.3) is 0 Å². The highest BCUT2D eigenvalue weighted by Gasteiger charge is 2.88. The zero-order valence-corrected chi connectivity index (χ0v) is 17.6. The van der Waals surface area contributed by atoms with Crippen LogP contribution in [-0.2, 0) is 16.1 Å². The molecule has 28 heavy (non-hydrogen) atoms. The number of aliphatic hydroxyl groups is 1. The number of rotatable bonds is 4. The highest BCUT2D eigenvalue weighted by atomic mass is 79.9. The van der Waals surface area contributed by atoms with Gasteiger partial charge >= 0.3 is 0 Å². The first kappa shape index (κ1) is 18.3. The SMILES string of the molecule is CO[C@@]12[C@H]3[C@@H](C)[C@H](c4ccccc4)C[C@@]1(O)N(Cc1ccc(Br)cc1)C(=O)[C@@H]32. The first-order valence-corrected chi connectivity index (χ1v) is 10.6. The molecule has 0 unspecified atom stereocenters. The number of carbonyl (C=O) groups excluding carboxylic acids is 1. The highest BCUT2D eigenvalue weighted by Crippen LogP contribution is 2.74. The summed E-state index contributed by atoms with van der Waals surface area (Å²) in [7, 11) is 1.64. The summed E-state index contributed by atoms with van der Waals surface area (Å²) in [6.45, 7) is 2.60. The summed E-state index contributed by atoms with van der Waals surface area (Å²) in [5.74, 6) is 0.323. The molecule has 1 N–H and O–H groups in total. The summed E-state index contributed by atoms with van der Waals surface area (Å²) >= 11 is 3.45. The maximum Gasteiger partial charge on any atom is 0.231 e. The minimum atomic E-state index is -1.28. The van der Waals surface area contributed by atoms with Crippen LogP contribution >= 0.6 is 15.9 Å². The fourth-order valence-electron chi connectivity index (χ4n) is 6.04. The summed E-state index contributed by atoms with van der Waals surface area (Å²) in [5.41, 5.74) is 0.170. The van der Waals surface area contributed by atoms with Crippen LogP contribution in [0.15, 0.2) is 59.1 Å². The number of carbonyl (C=O) groups is 1. The Labute approximate surface area is 173 Å². The van der Waals surface area contributed by atoms with Gasteiger partial charge < -0.3 is 14.7 Å². The molecular weight excluding hydrogens is 418 g/mol. The molecule has 146 valence electrons. The first-order valence-electron chi connectivity index (χ1n) is 9.82. The van der Waals surface area contributed by atoms with E-state index in [1.807, 2.05) is 42.5 Å². The molecule has 5 rings (SSSR count). The second kappa shape index (κ2) is 6.15. The molecule has 3 fully saturated rings. The lowest BCUT2D eigenvalue weighted by Gasteiger charge is -2.49. The maximum atomic E-state index is 13.3. The number of nitrogens with zero attached hydrogens (tertiary/aromatic N) is 1. The summed E-state index contributed by atoms with van der Waals surface area (Å²) in [4.78, 5) is 14.9. The summed E-state index contributed by atoms with van der Waals surface area (Å²) in [6, 6.07) is 18.3. The summed E-state index contributed by atoms with van der Waals surface area (Å²) in [6.07, 6.45) is 0.501. The average Bonchev–Trinajstić information content (AvgIpc) is 3.38. The van der Waals surface area contributed by atoms with Crippen molar-refractivity contribution < 1.29 is 14.6 Å².